The zero-order valence-electron chi connectivity index (χ0n) is 13.2. The standard InChI is InChI=1S/C16H27BrN2OS/c1-4-20-16(7-5-15(2,3)6-8-16)14(19-18)10-13-9-12(17)11-21-13/h9,11,14,19H,4-8,10,18H2,1-3H3. The molecular formula is C16H27BrN2OS. The largest absolute Gasteiger partial charge is 0.374 e. The third-order valence-electron chi connectivity index (χ3n) is 4.75. The maximum absolute atomic E-state index is 6.25. The van der Waals surface area contributed by atoms with Crippen LogP contribution < -0.4 is 11.3 Å². The van der Waals surface area contributed by atoms with Crippen molar-refractivity contribution in [3.63, 3.8) is 0 Å². The molecule has 5 heteroatoms. The van der Waals surface area contributed by atoms with E-state index in [1.165, 1.54) is 17.7 Å². The van der Waals surface area contributed by atoms with Crippen molar-refractivity contribution < 1.29 is 4.74 Å². The molecule has 0 bridgehead atoms. The van der Waals surface area contributed by atoms with Crippen molar-refractivity contribution in [3.05, 3.63) is 20.8 Å². The Kier molecular flexibility index (Phi) is 5.88. The number of ether oxygens (including phenoxy) is 1. The lowest BCUT2D eigenvalue weighted by molar-refractivity contribution is -0.106. The van der Waals surface area contributed by atoms with Gasteiger partial charge in [-0.1, -0.05) is 13.8 Å². The van der Waals surface area contributed by atoms with Gasteiger partial charge in [-0.05, 0) is 60.0 Å². The van der Waals surface area contributed by atoms with E-state index in [1.54, 1.807) is 11.3 Å². The van der Waals surface area contributed by atoms with Crippen LogP contribution >= 0.6 is 27.3 Å². The number of hydrazine groups is 1. The molecule has 1 aromatic rings. The van der Waals surface area contributed by atoms with E-state index < -0.39 is 0 Å². The van der Waals surface area contributed by atoms with E-state index >= 15 is 0 Å². The van der Waals surface area contributed by atoms with Gasteiger partial charge < -0.3 is 4.74 Å². The summed E-state index contributed by atoms with van der Waals surface area (Å²) in [5.41, 5.74) is 3.34. The first-order chi connectivity index (χ1) is 9.91. The molecule has 0 saturated heterocycles. The lowest BCUT2D eigenvalue weighted by atomic mass is 9.68. The average Bonchev–Trinajstić information content (AvgIpc) is 2.85. The molecule has 3 N–H and O–H groups in total. The number of halogens is 1. The number of hydrogen-bond donors (Lipinski definition) is 2. The molecule has 1 atom stereocenters. The van der Waals surface area contributed by atoms with E-state index in [1.807, 2.05) is 0 Å². The summed E-state index contributed by atoms with van der Waals surface area (Å²) in [6.45, 7) is 7.53. The highest BCUT2D eigenvalue weighted by Crippen LogP contribution is 2.44. The van der Waals surface area contributed by atoms with Gasteiger partial charge in [-0.3, -0.25) is 11.3 Å². The Morgan fingerprint density at radius 2 is 2.05 bits per heavy atom. The molecule has 1 fully saturated rings. The van der Waals surface area contributed by atoms with Crippen LogP contribution in [0.2, 0.25) is 0 Å². The third-order valence-corrected chi connectivity index (χ3v) is 6.46. The van der Waals surface area contributed by atoms with Gasteiger partial charge in [0.25, 0.3) is 0 Å². The molecule has 0 spiro atoms. The minimum absolute atomic E-state index is 0.129. The van der Waals surface area contributed by atoms with Crippen LogP contribution in [0.5, 0.6) is 0 Å². The molecule has 1 saturated carbocycles. The number of thiophene rings is 1. The molecule has 1 aliphatic rings. The van der Waals surface area contributed by atoms with E-state index in [0.717, 1.165) is 30.3 Å². The van der Waals surface area contributed by atoms with E-state index in [4.69, 9.17) is 10.6 Å². The highest BCUT2D eigenvalue weighted by atomic mass is 79.9. The molecule has 1 unspecified atom stereocenters. The van der Waals surface area contributed by atoms with Crippen molar-refractivity contribution in [2.24, 2.45) is 11.3 Å². The summed E-state index contributed by atoms with van der Waals surface area (Å²) < 4.78 is 7.39. The minimum atomic E-state index is -0.129. The number of hydrogen-bond acceptors (Lipinski definition) is 4. The fourth-order valence-corrected chi connectivity index (χ4v) is 4.79. The monoisotopic (exact) mass is 374 g/mol. The number of rotatable bonds is 6. The summed E-state index contributed by atoms with van der Waals surface area (Å²) in [5.74, 6) is 5.90. The van der Waals surface area contributed by atoms with Gasteiger partial charge in [0, 0.05) is 27.8 Å². The van der Waals surface area contributed by atoms with Gasteiger partial charge in [0.2, 0.25) is 0 Å². The first-order valence-corrected chi connectivity index (χ1v) is 9.41. The topological polar surface area (TPSA) is 47.3 Å². The Morgan fingerprint density at radius 3 is 2.52 bits per heavy atom. The summed E-state index contributed by atoms with van der Waals surface area (Å²) >= 11 is 5.30. The predicted molar refractivity (Wildman–Crippen MR) is 93.4 cm³/mol. The number of nitrogens with two attached hydrogens (primary N) is 1. The lowest BCUT2D eigenvalue weighted by Gasteiger charge is -2.47. The van der Waals surface area contributed by atoms with E-state index in [9.17, 15) is 0 Å². The fraction of sp³-hybridized carbons (Fsp3) is 0.750. The molecule has 1 heterocycles. The van der Waals surface area contributed by atoms with Crippen molar-refractivity contribution in [1.82, 2.24) is 5.43 Å². The van der Waals surface area contributed by atoms with Crippen LogP contribution in [-0.2, 0) is 11.2 Å². The van der Waals surface area contributed by atoms with Gasteiger partial charge >= 0.3 is 0 Å². The second kappa shape index (κ2) is 7.09. The summed E-state index contributed by atoms with van der Waals surface area (Å²) in [6.07, 6.45) is 5.47. The smallest absolute Gasteiger partial charge is 0.0851 e. The number of nitrogens with one attached hydrogen (secondary N) is 1. The Bertz CT molecular complexity index is 451. The second-order valence-corrected chi connectivity index (χ2v) is 8.73. The van der Waals surface area contributed by atoms with Gasteiger partial charge in [-0.25, -0.2) is 0 Å². The zero-order valence-corrected chi connectivity index (χ0v) is 15.6. The SMILES string of the molecule is CCOC1(C(Cc2cc(Br)cs2)NN)CCC(C)(C)CC1. The molecule has 0 amide bonds. The predicted octanol–water partition coefficient (Wildman–Crippen LogP) is 4.26. The van der Waals surface area contributed by atoms with Crippen LogP contribution in [0.1, 0.15) is 51.3 Å². The van der Waals surface area contributed by atoms with Crippen LogP contribution in [0.15, 0.2) is 15.9 Å². The maximum Gasteiger partial charge on any atom is 0.0851 e. The lowest BCUT2D eigenvalue weighted by Crippen LogP contribution is -2.58. The normalized spacial score (nSPS) is 22.1. The van der Waals surface area contributed by atoms with Gasteiger partial charge in [-0.15, -0.1) is 11.3 Å². The van der Waals surface area contributed by atoms with E-state index in [2.05, 4.69) is 53.6 Å². The van der Waals surface area contributed by atoms with Crippen molar-refractivity contribution in [2.45, 2.75) is 64.5 Å². The first kappa shape index (κ1) is 17.4. The Hall–Kier alpha value is 0.0600. The van der Waals surface area contributed by atoms with Crippen molar-refractivity contribution in [2.75, 3.05) is 6.61 Å². The zero-order chi connectivity index (χ0) is 15.5. The van der Waals surface area contributed by atoms with Crippen molar-refractivity contribution in [1.29, 1.82) is 0 Å². The Labute approximate surface area is 140 Å². The maximum atomic E-state index is 6.25. The van der Waals surface area contributed by atoms with Crippen LogP contribution in [0.4, 0.5) is 0 Å². The molecule has 0 radical (unpaired) electrons. The van der Waals surface area contributed by atoms with Crippen LogP contribution in [0.3, 0.4) is 0 Å². The molecule has 2 rings (SSSR count). The van der Waals surface area contributed by atoms with Crippen LogP contribution in [0.25, 0.3) is 0 Å². The molecule has 120 valence electrons. The van der Waals surface area contributed by atoms with Gasteiger partial charge in [0.05, 0.1) is 11.6 Å². The highest BCUT2D eigenvalue weighted by molar-refractivity contribution is 9.10. The molecule has 0 aromatic carbocycles. The summed E-state index contributed by atoms with van der Waals surface area (Å²) in [6, 6.07) is 2.35. The summed E-state index contributed by atoms with van der Waals surface area (Å²) in [4.78, 5) is 1.34. The summed E-state index contributed by atoms with van der Waals surface area (Å²) in [7, 11) is 0. The highest BCUT2D eigenvalue weighted by Gasteiger charge is 2.44. The average molecular weight is 375 g/mol. The molecular weight excluding hydrogens is 348 g/mol. The molecule has 1 aliphatic carbocycles. The minimum Gasteiger partial charge on any atom is -0.374 e. The third kappa shape index (κ3) is 4.29. The molecule has 21 heavy (non-hydrogen) atoms. The molecule has 0 aliphatic heterocycles. The van der Waals surface area contributed by atoms with E-state index in [-0.39, 0.29) is 11.6 Å². The quantitative estimate of drug-likeness (QED) is 0.577. The molecule has 3 nitrogen and oxygen atoms in total. The molecule has 1 aromatic heterocycles. The Balaban J connectivity index is 2.14. The van der Waals surface area contributed by atoms with Gasteiger partial charge in [0.15, 0.2) is 0 Å². The van der Waals surface area contributed by atoms with E-state index in [0.29, 0.717) is 5.41 Å². The van der Waals surface area contributed by atoms with Gasteiger partial charge in [0.1, 0.15) is 0 Å². The van der Waals surface area contributed by atoms with Crippen molar-refractivity contribution >= 4 is 27.3 Å². The van der Waals surface area contributed by atoms with Crippen molar-refractivity contribution in [3.8, 4) is 0 Å². The summed E-state index contributed by atoms with van der Waals surface area (Å²) in [5, 5.41) is 2.13. The first-order valence-electron chi connectivity index (χ1n) is 7.74. The second-order valence-electron chi connectivity index (χ2n) is 6.82. The van der Waals surface area contributed by atoms with Crippen LogP contribution in [-0.4, -0.2) is 18.2 Å². The van der Waals surface area contributed by atoms with Crippen LogP contribution in [0, 0.1) is 5.41 Å². The Morgan fingerprint density at radius 1 is 1.38 bits per heavy atom. The fourth-order valence-electron chi connectivity index (χ4n) is 3.29. The van der Waals surface area contributed by atoms with Gasteiger partial charge in [-0.2, -0.15) is 0 Å².